The number of carbonyl (C=O) groups is 1. The van der Waals surface area contributed by atoms with Crippen LogP contribution in [-0.4, -0.2) is 13.0 Å². The monoisotopic (exact) mass is 323 g/mol. The molecule has 1 amide bonds. The van der Waals surface area contributed by atoms with Gasteiger partial charge >= 0.3 is 0 Å². The predicted octanol–water partition coefficient (Wildman–Crippen LogP) is 3.99. The summed E-state index contributed by atoms with van der Waals surface area (Å²) in [6.45, 7) is 2.05. The van der Waals surface area contributed by atoms with Crippen LogP contribution in [0.3, 0.4) is 0 Å². The highest BCUT2D eigenvalue weighted by molar-refractivity contribution is 5.79. The van der Waals surface area contributed by atoms with Crippen molar-refractivity contribution in [3.63, 3.8) is 0 Å². The second-order valence-corrected chi connectivity index (χ2v) is 6.55. The van der Waals surface area contributed by atoms with Gasteiger partial charge in [0, 0.05) is 0 Å². The van der Waals surface area contributed by atoms with E-state index < -0.39 is 0 Å². The average Bonchev–Trinajstić information content (AvgIpc) is 2.61. The first-order valence-corrected chi connectivity index (χ1v) is 8.69. The lowest BCUT2D eigenvalue weighted by molar-refractivity contribution is -0.121. The van der Waals surface area contributed by atoms with Crippen molar-refractivity contribution in [2.45, 2.75) is 45.1 Å². The molecule has 1 unspecified atom stereocenters. The third-order valence-corrected chi connectivity index (χ3v) is 4.75. The number of hydrogen-bond acceptors (Lipinski definition) is 2. The standard InChI is InChI=1S/C21H25NO2/c1-15(18-11-10-17-7-3-4-8-19(17)14-18)22-21(23)13-16-6-5-9-20(12-16)24-2/h5-6,9-12,14-15H,3-4,7-8,13H2,1-2H3,(H,22,23). The minimum atomic E-state index is 0.0235. The van der Waals surface area contributed by atoms with Crippen LogP contribution in [0, 0.1) is 0 Å². The molecule has 3 heteroatoms. The van der Waals surface area contributed by atoms with Gasteiger partial charge in [-0.25, -0.2) is 0 Å². The van der Waals surface area contributed by atoms with Crippen molar-refractivity contribution in [2.75, 3.05) is 7.11 Å². The smallest absolute Gasteiger partial charge is 0.224 e. The number of hydrogen-bond donors (Lipinski definition) is 1. The topological polar surface area (TPSA) is 38.3 Å². The Balaban J connectivity index is 1.63. The highest BCUT2D eigenvalue weighted by Crippen LogP contribution is 2.24. The fourth-order valence-electron chi connectivity index (χ4n) is 3.37. The third kappa shape index (κ3) is 3.97. The van der Waals surface area contributed by atoms with Crippen LogP contribution in [0.25, 0.3) is 0 Å². The maximum Gasteiger partial charge on any atom is 0.224 e. The summed E-state index contributed by atoms with van der Waals surface area (Å²) in [7, 11) is 1.64. The van der Waals surface area contributed by atoms with Crippen molar-refractivity contribution < 1.29 is 9.53 Å². The molecule has 2 aromatic carbocycles. The van der Waals surface area contributed by atoms with Crippen molar-refractivity contribution >= 4 is 5.91 Å². The summed E-state index contributed by atoms with van der Waals surface area (Å²) >= 11 is 0. The molecule has 0 fully saturated rings. The average molecular weight is 323 g/mol. The quantitative estimate of drug-likeness (QED) is 0.903. The summed E-state index contributed by atoms with van der Waals surface area (Å²) in [5.41, 5.74) is 5.08. The van der Waals surface area contributed by atoms with Crippen molar-refractivity contribution in [1.82, 2.24) is 5.32 Å². The molecule has 24 heavy (non-hydrogen) atoms. The molecule has 0 aromatic heterocycles. The fraction of sp³-hybridized carbons (Fsp3) is 0.381. The lowest BCUT2D eigenvalue weighted by Crippen LogP contribution is -2.28. The highest BCUT2D eigenvalue weighted by atomic mass is 16.5. The summed E-state index contributed by atoms with van der Waals surface area (Å²) in [5.74, 6) is 0.816. The Hall–Kier alpha value is -2.29. The summed E-state index contributed by atoms with van der Waals surface area (Å²) in [6, 6.07) is 14.3. The van der Waals surface area contributed by atoms with Gasteiger partial charge in [-0.3, -0.25) is 4.79 Å². The maximum absolute atomic E-state index is 12.3. The van der Waals surface area contributed by atoms with Crippen molar-refractivity contribution in [2.24, 2.45) is 0 Å². The first-order valence-electron chi connectivity index (χ1n) is 8.69. The van der Waals surface area contributed by atoms with Crippen LogP contribution in [0.4, 0.5) is 0 Å². The van der Waals surface area contributed by atoms with Gasteiger partial charge in [-0.05, 0) is 67.0 Å². The van der Waals surface area contributed by atoms with Crippen LogP contribution in [0.1, 0.15) is 48.1 Å². The lowest BCUT2D eigenvalue weighted by atomic mass is 9.89. The van der Waals surface area contributed by atoms with Gasteiger partial charge in [-0.1, -0.05) is 30.3 Å². The highest BCUT2D eigenvalue weighted by Gasteiger charge is 2.14. The Morgan fingerprint density at radius 2 is 1.92 bits per heavy atom. The predicted molar refractivity (Wildman–Crippen MR) is 96.3 cm³/mol. The van der Waals surface area contributed by atoms with E-state index in [4.69, 9.17) is 4.74 Å². The number of rotatable bonds is 5. The van der Waals surface area contributed by atoms with Crippen molar-refractivity contribution in [3.05, 3.63) is 64.7 Å². The molecule has 1 aliphatic rings. The van der Waals surface area contributed by atoms with E-state index in [1.54, 1.807) is 7.11 Å². The van der Waals surface area contributed by atoms with Gasteiger partial charge in [0.25, 0.3) is 0 Å². The normalized spacial score (nSPS) is 14.6. The van der Waals surface area contributed by atoms with Gasteiger partial charge in [-0.15, -0.1) is 0 Å². The molecule has 1 atom stereocenters. The van der Waals surface area contributed by atoms with Gasteiger partial charge in [0.15, 0.2) is 0 Å². The van der Waals surface area contributed by atoms with Gasteiger partial charge in [0.2, 0.25) is 5.91 Å². The van der Waals surface area contributed by atoms with Crippen LogP contribution in [0.2, 0.25) is 0 Å². The molecule has 0 radical (unpaired) electrons. The Morgan fingerprint density at radius 1 is 1.12 bits per heavy atom. The third-order valence-electron chi connectivity index (χ3n) is 4.75. The first-order chi connectivity index (χ1) is 11.7. The second kappa shape index (κ2) is 7.52. The van der Waals surface area contributed by atoms with Gasteiger partial charge < -0.3 is 10.1 Å². The number of benzene rings is 2. The largest absolute Gasteiger partial charge is 0.497 e. The van der Waals surface area contributed by atoms with E-state index in [-0.39, 0.29) is 11.9 Å². The lowest BCUT2D eigenvalue weighted by Gasteiger charge is -2.20. The molecule has 126 valence electrons. The fourth-order valence-corrected chi connectivity index (χ4v) is 3.37. The maximum atomic E-state index is 12.3. The number of carbonyl (C=O) groups excluding carboxylic acids is 1. The van der Waals surface area contributed by atoms with Gasteiger partial charge in [0.1, 0.15) is 5.75 Å². The number of methoxy groups -OCH3 is 1. The zero-order valence-corrected chi connectivity index (χ0v) is 14.5. The molecule has 0 spiro atoms. The van der Waals surface area contributed by atoms with Crippen LogP contribution < -0.4 is 10.1 Å². The molecular weight excluding hydrogens is 298 g/mol. The Morgan fingerprint density at radius 3 is 2.71 bits per heavy atom. The van der Waals surface area contributed by atoms with Crippen LogP contribution in [0.15, 0.2) is 42.5 Å². The SMILES string of the molecule is COc1cccc(CC(=O)NC(C)c2ccc3c(c2)CCCC3)c1. The minimum Gasteiger partial charge on any atom is -0.497 e. The molecule has 0 aliphatic heterocycles. The molecule has 1 aliphatic carbocycles. The number of fused-ring (bicyclic) bond motifs is 1. The zero-order chi connectivity index (χ0) is 16.9. The van der Waals surface area contributed by atoms with Crippen LogP contribution in [-0.2, 0) is 24.1 Å². The second-order valence-electron chi connectivity index (χ2n) is 6.55. The van der Waals surface area contributed by atoms with Gasteiger partial charge in [0.05, 0.1) is 19.6 Å². The summed E-state index contributed by atoms with van der Waals surface area (Å²) in [6.07, 6.45) is 5.28. The summed E-state index contributed by atoms with van der Waals surface area (Å²) in [4.78, 5) is 12.3. The van der Waals surface area contributed by atoms with E-state index in [0.717, 1.165) is 17.7 Å². The molecule has 2 aromatic rings. The van der Waals surface area contributed by atoms with E-state index in [0.29, 0.717) is 6.42 Å². The Kier molecular flexibility index (Phi) is 5.19. The van der Waals surface area contributed by atoms with Crippen molar-refractivity contribution in [1.29, 1.82) is 0 Å². The molecule has 3 rings (SSSR count). The molecule has 0 bridgehead atoms. The van der Waals surface area contributed by atoms with E-state index in [9.17, 15) is 4.79 Å². The van der Waals surface area contributed by atoms with Crippen LogP contribution in [0.5, 0.6) is 5.75 Å². The molecule has 0 heterocycles. The summed E-state index contributed by atoms with van der Waals surface area (Å²) in [5, 5.41) is 3.11. The number of ether oxygens (including phenoxy) is 1. The van der Waals surface area contributed by atoms with Crippen LogP contribution >= 0.6 is 0 Å². The number of aryl methyl sites for hydroxylation is 2. The number of nitrogens with one attached hydrogen (secondary N) is 1. The van der Waals surface area contributed by atoms with E-state index in [2.05, 4.69) is 23.5 Å². The first kappa shape index (κ1) is 16.6. The molecule has 1 N–H and O–H groups in total. The van der Waals surface area contributed by atoms with Crippen molar-refractivity contribution in [3.8, 4) is 5.75 Å². The molecule has 0 saturated carbocycles. The molecular formula is C21H25NO2. The molecule has 0 saturated heterocycles. The van der Waals surface area contributed by atoms with E-state index >= 15 is 0 Å². The molecule has 3 nitrogen and oxygen atoms in total. The Bertz CT molecular complexity index is 724. The number of amides is 1. The van der Waals surface area contributed by atoms with E-state index in [1.807, 2.05) is 31.2 Å². The summed E-state index contributed by atoms with van der Waals surface area (Å²) < 4.78 is 5.21. The Labute approximate surface area is 144 Å². The zero-order valence-electron chi connectivity index (χ0n) is 14.5. The minimum absolute atomic E-state index is 0.0235. The van der Waals surface area contributed by atoms with Gasteiger partial charge in [-0.2, -0.15) is 0 Å². The van der Waals surface area contributed by atoms with E-state index in [1.165, 1.54) is 36.0 Å².